The lowest BCUT2D eigenvalue weighted by atomic mass is 10.00. The fraction of sp³-hybridized carbons (Fsp3) is 0.167. The lowest BCUT2D eigenvalue weighted by molar-refractivity contribution is -0.119. The second-order valence-corrected chi connectivity index (χ2v) is 6.81. The van der Waals surface area contributed by atoms with Gasteiger partial charge in [-0.25, -0.2) is 4.79 Å². The van der Waals surface area contributed by atoms with Crippen LogP contribution in [-0.2, 0) is 9.53 Å². The highest BCUT2D eigenvalue weighted by atomic mass is 16.5. The van der Waals surface area contributed by atoms with Gasteiger partial charge in [0, 0.05) is 5.69 Å². The second kappa shape index (κ2) is 9.00. The minimum atomic E-state index is -0.523. The Morgan fingerprint density at radius 1 is 0.857 bits per heavy atom. The van der Waals surface area contributed by atoms with Gasteiger partial charge in [0.05, 0.1) is 5.56 Å². The van der Waals surface area contributed by atoms with Crippen LogP contribution in [0.2, 0.25) is 0 Å². The van der Waals surface area contributed by atoms with E-state index in [0.717, 1.165) is 11.1 Å². The summed E-state index contributed by atoms with van der Waals surface area (Å²) >= 11 is 0. The highest BCUT2D eigenvalue weighted by Crippen LogP contribution is 2.24. The Labute approximate surface area is 165 Å². The number of hydrogen-bond acceptors (Lipinski definition) is 3. The largest absolute Gasteiger partial charge is 0.452 e. The molecule has 3 aromatic carbocycles. The van der Waals surface area contributed by atoms with Gasteiger partial charge in [-0.2, -0.15) is 0 Å². The lowest BCUT2D eigenvalue weighted by Crippen LogP contribution is -2.21. The number of nitrogens with one attached hydrogen (secondary N) is 1. The number of hydrogen-bond donors (Lipinski definition) is 1. The minimum Gasteiger partial charge on any atom is -0.452 e. The molecule has 0 radical (unpaired) electrons. The average Bonchev–Trinajstić information content (AvgIpc) is 2.73. The lowest BCUT2D eigenvalue weighted by Gasteiger charge is -2.11. The highest BCUT2D eigenvalue weighted by Gasteiger charge is 2.15. The molecule has 0 aromatic heterocycles. The smallest absolute Gasteiger partial charge is 0.339 e. The maximum atomic E-state index is 12.5. The quantitative estimate of drug-likeness (QED) is 0.599. The zero-order valence-electron chi connectivity index (χ0n) is 16.0. The van der Waals surface area contributed by atoms with E-state index in [1.54, 1.807) is 12.1 Å². The third-order valence-corrected chi connectivity index (χ3v) is 4.43. The van der Waals surface area contributed by atoms with E-state index < -0.39 is 5.97 Å². The fourth-order valence-corrected chi connectivity index (χ4v) is 2.89. The van der Waals surface area contributed by atoms with Crippen molar-refractivity contribution in [3.8, 4) is 11.1 Å². The molecular formula is C24H23NO3. The Hall–Kier alpha value is -3.40. The maximum Gasteiger partial charge on any atom is 0.339 e. The van der Waals surface area contributed by atoms with Crippen LogP contribution in [0, 0.1) is 0 Å². The fourth-order valence-electron chi connectivity index (χ4n) is 2.89. The van der Waals surface area contributed by atoms with Crippen LogP contribution in [-0.4, -0.2) is 18.5 Å². The van der Waals surface area contributed by atoms with Crippen molar-refractivity contribution in [2.24, 2.45) is 0 Å². The van der Waals surface area contributed by atoms with Crippen molar-refractivity contribution in [1.29, 1.82) is 0 Å². The van der Waals surface area contributed by atoms with E-state index in [1.807, 2.05) is 66.7 Å². The van der Waals surface area contributed by atoms with Gasteiger partial charge in [0.15, 0.2) is 6.61 Å². The van der Waals surface area contributed by atoms with Crippen LogP contribution in [0.25, 0.3) is 11.1 Å². The van der Waals surface area contributed by atoms with Crippen LogP contribution in [0.3, 0.4) is 0 Å². The third-order valence-electron chi connectivity index (χ3n) is 4.43. The Morgan fingerprint density at radius 2 is 1.50 bits per heavy atom. The van der Waals surface area contributed by atoms with Crippen LogP contribution in [0.4, 0.5) is 5.69 Å². The van der Waals surface area contributed by atoms with Gasteiger partial charge in [0.2, 0.25) is 0 Å². The molecule has 4 nitrogen and oxygen atoms in total. The van der Waals surface area contributed by atoms with E-state index in [4.69, 9.17) is 4.74 Å². The number of rotatable bonds is 6. The predicted octanol–water partition coefficient (Wildman–Crippen LogP) is 5.27. The summed E-state index contributed by atoms with van der Waals surface area (Å²) in [5, 5.41) is 2.75. The highest BCUT2D eigenvalue weighted by molar-refractivity contribution is 5.99. The standard InChI is InChI=1S/C24H23NO3/c1-17(2)18-12-14-20(15-13-18)25-23(26)16-28-24(27)22-11-7-6-10-21(22)19-8-4-3-5-9-19/h3-15,17H,16H2,1-2H3,(H,25,26). The molecule has 0 aliphatic rings. The molecule has 0 spiro atoms. The topological polar surface area (TPSA) is 55.4 Å². The van der Waals surface area contributed by atoms with Gasteiger partial charge >= 0.3 is 5.97 Å². The van der Waals surface area contributed by atoms with Gasteiger partial charge in [-0.3, -0.25) is 4.79 Å². The SMILES string of the molecule is CC(C)c1ccc(NC(=O)COC(=O)c2ccccc2-c2ccccc2)cc1. The molecule has 0 bridgehead atoms. The second-order valence-electron chi connectivity index (χ2n) is 6.81. The Balaban J connectivity index is 1.62. The summed E-state index contributed by atoms with van der Waals surface area (Å²) < 4.78 is 5.24. The van der Waals surface area contributed by atoms with Crippen molar-refractivity contribution >= 4 is 17.6 Å². The molecule has 28 heavy (non-hydrogen) atoms. The van der Waals surface area contributed by atoms with Gasteiger partial charge in [0.25, 0.3) is 5.91 Å². The van der Waals surface area contributed by atoms with Gasteiger partial charge in [-0.1, -0.05) is 74.5 Å². The van der Waals surface area contributed by atoms with Crippen LogP contribution >= 0.6 is 0 Å². The molecule has 142 valence electrons. The zero-order valence-corrected chi connectivity index (χ0v) is 16.0. The van der Waals surface area contributed by atoms with Crippen LogP contribution in [0.5, 0.6) is 0 Å². The van der Waals surface area contributed by atoms with Crippen LogP contribution in [0.1, 0.15) is 35.7 Å². The van der Waals surface area contributed by atoms with E-state index in [0.29, 0.717) is 17.2 Å². The molecule has 0 aliphatic heterocycles. The van der Waals surface area contributed by atoms with E-state index in [-0.39, 0.29) is 12.5 Å². The van der Waals surface area contributed by atoms with Gasteiger partial charge < -0.3 is 10.1 Å². The number of benzene rings is 3. The molecule has 0 aliphatic carbocycles. The number of anilines is 1. The van der Waals surface area contributed by atoms with Crippen LogP contribution < -0.4 is 5.32 Å². The van der Waals surface area contributed by atoms with Gasteiger partial charge in [-0.05, 0) is 40.8 Å². The molecule has 0 saturated heterocycles. The van der Waals surface area contributed by atoms with Gasteiger partial charge in [-0.15, -0.1) is 0 Å². The first-order valence-corrected chi connectivity index (χ1v) is 9.26. The molecule has 1 N–H and O–H groups in total. The molecular weight excluding hydrogens is 350 g/mol. The molecule has 4 heteroatoms. The Kier molecular flexibility index (Phi) is 6.22. The van der Waals surface area contributed by atoms with E-state index in [1.165, 1.54) is 5.56 Å². The maximum absolute atomic E-state index is 12.5. The number of ether oxygens (including phenoxy) is 1. The summed E-state index contributed by atoms with van der Waals surface area (Å²) in [5.41, 5.74) is 4.00. The van der Waals surface area contributed by atoms with Crippen LogP contribution in [0.15, 0.2) is 78.9 Å². The monoisotopic (exact) mass is 373 g/mol. The van der Waals surface area contributed by atoms with Crippen molar-refractivity contribution in [1.82, 2.24) is 0 Å². The Morgan fingerprint density at radius 3 is 2.18 bits per heavy atom. The first-order valence-electron chi connectivity index (χ1n) is 9.26. The summed E-state index contributed by atoms with van der Waals surface area (Å²) in [4.78, 5) is 24.6. The molecule has 0 fully saturated rings. The first-order chi connectivity index (χ1) is 13.5. The zero-order chi connectivity index (χ0) is 19.9. The summed E-state index contributed by atoms with van der Waals surface area (Å²) in [6, 6.07) is 24.5. The average molecular weight is 373 g/mol. The third kappa shape index (κ3) is 4.86. The van der Waals surface area contributed by atoms with Crippen molar-refractivity contribution in [2.75, 3.05) is 11.9 Å². The number of esters is 1. The van der Waals surface area contributed by atoms with Crippen molar-refractivity contribution < 1.29 is 14.3 Å². The molecule has 0 atom stereocenters. The molecule has 0 heterocycles. The van der Waals surface area contributed by atoms with Crippen molar-refractivity contribution in [3.63, 3.8) is 0 Å². The van der Waals surface area contributed by atoms with E-state index in [9.17, 15) is 9.59 Å². The van der Waals surface area contributed by atoms with E-state index >= 15 is 0 Å². The molecule has 1 amide bonds. The van der Waals surface area contributed by atoms with Crippen molar-refractivity contribution in [2.45, 2.75) is 19.8 Å². The summed E-state index contributed by atoms with van der Waals surface area (Å²) in [6.07, 6.45) is 0. The predicted molar refractivity (Wildman–Crippen MR) is 111 cm³/mol. The molecule has 3 aromatic rings. The molecule has 0 saturated carbocycles. The molecule has 0 unspecified atom stereocenters. The summed E-state index contributed by atoms with van der Waals surface area (Å²) in [6.45, 7) is 3.88. The number of amides is 1. The molecule has 3 rings (SSSR count). The van der Waals surface area contributed by atoms with E-state index in [2.05, 4.69) is 19.2 Å². The number of carbonyl (C=O) groups excluding carboxylic acids is 2. The van der Waals surface area contributed by atoms with Gasteiger partial charge in [0.1, 0.15) is 0 Å². The minimum absolute atomic E-state index is 0.339. The first kappa shape index (κ1) is 19.4. The normalized spacial score (nSPS) is 10.5. The summed E-state index contributed by atoms with van der Waals surface area (Å²) in [5.74, 6) is -0.469. The Bertz CT molecular complexity index is 947. The van der Waals surface area contributed by atoms with Crippen molar-refractivity contribution in [3.05, 3.63) is 90.0 Å². The summed E-state index contributed by atoms with van der Waals surface area (Å²) in [7, 11) is 0. The number of carbonyl (C=O) groups is 2.